The van der Waals surface area contributed by atoms with Crippen molar-refractivity contribution >= 4 is 5.97 Å². The number of hydrogen-bond donors (Lipinski definition) is 0. The average Bonchev–Trinajstić information content (AvgIpc) is 2.65. The Labute approximate surface area is 162 Å². The van der Waals surface area contributed by atoms with Gasteiger partial charge in [-0.15, -0.1) is 0 Å². The second kappa shape index (κ2) is 8.76. The Kier molecular flexibility index (Phi) is 6.86. The summed E-state index contributed by atoms with van der Waals surface area (Å²) in [6.45, 7) is 5.25. The van der Waals surface area contributed by atoms with E-state index in [1.807, 2.05) is 13.8 Å². The summed E-state index contributed by atoms with van der Waals surface area (Å²) >= 11 is 0. The summed E-state index contributed by atoms with van der Waals surface area (Å²) in [7, 11) is 1.10. The van der Waals surface area contributed by atoms with Crippen LogP contribution in [0.2, 0.25) is 0 Å². The van der Waals surface area contributed by atoms with Crippen LogP contribution < -0.4 is 0 Å². The topological polar surface area (TPSA) is 26.3 Å². The summed E-state index contributed by atoms with van der Waals surface area (Å²) in [6, 6.07) is 6.57. The van der Waals surface area contributed by atoms with Crippen LogP contribution >= 0.6 is 0 Å². The zero-order chi connectivity index (χ0) is 21.1. The maximum Gasteiger partial charge on any atom is 0.416 e. The molecule has 0 aliphatic carbocycles. The summed E-state index contributed by atoms with van der Waals surface area (Å²) in [5, 5.41) is 0. The van der Waals surface area contributed by atoms with Crippen LogP contribution in [0.3, 0.4) is 0 Å². The quantitative estimate of drug-likeness (QED) is 0.415. The van der Waals surface area contributed by atoms with E-state index in [4.69, 9.17) is 0 Å². The number of aryl methyl sites for hydroxylation is 2. The molecule has 1 atom stereocenters. The third kappa shape index (κ3) is 4.54. The van der Waals surface area contributed by atoms with E-state index in [2.05, 4.69) is 4.74 Å². The van der Waals surface area contributed by atoms with E-state index < -0.39 is 35.0 Å². The monoisotopic (exact) mass is 396 g/mol. The fourth-order valence-electron chi connectivity index (χ4n) is 3.34. The fourth-order valence-corrected chi connectivity index (χ4v) is 3.34. The molecule has 152 valence electrons. The summed E-state index contributed by atoms with van der Waals surface area (Å²) in [4.78, 5) is 12.0. The summed E-state index contributed by atoms with van der Waals surface area (Å²) in [6.07, 6.45) is -2.10. The normalized spacial score (nSPS) is 12.7. The molecule has 0 aromatic heterocycles. The molecule has 0 saturated carbocycles. The molecule has 0 amide bonds. The molecule has 0 aliphatic rings. The van der Waals surface area contributed by atoms with Gasteiger partial charge in [-0.25, -0.2) is 4.39 Å². The molecule has 0 saturated heterocycles. The van der Waals surface area contributed by atoms with Gasteiger partial charge < -0.3 is 4.74 Å². The highest BCUT2D eigenvalue weighted by molar-refractivity contribution is 5.83. The second-order valence-electron chi connectivity index (χ2n) is 6.87. The first-order valence-corrected chi connectivity index (χ1v) is 9.19. The smallest absolute Gasteiger partial charge is 0.416 e. The molecule has 0 N–H and O–H groups in total. The van der Waals surface area contributed by atoms with Gasteiger partial charge in [-0.1, -0.05) is 31.5 Å². The van der Waals surface area contributed by atoms with Crippen LogP contribution in [-0.2, 0) is 22.1 Å². The van der Waals surface area contributed by atoms with Crippen molar-refractivity contribution in [2.45, 2.75) is 52.1 Å². The van der Waals surface area contributed by atoms with Crippen LogP contribution in [0.1, 0.15) is 54.9 Å². The number of ether oxygens (including phenoxy) is 1. The lowest BCUT2D eigenvalue weighted by Crippen LogP contribution is -2.19. The SMILES string of the molecule is CCCCc1cc(-c2c(F)ccc(C(F)(F)F)c2C(C)C(=O)OC)ccc1C. The van der Waals surface area contributed by atoms with Crippen LogP contribution in [0.4, 0.5) is 17.6 Å². The lowest BCUT2D eigenvalue weighted by atomic mass is 9.85. The van der Waals surface area contributed by atoms with Gasteiger partial charge in [0, 0.05) is 5.56 Å². The first kappa shape index (κ1) is 21.9. The van der Waals surface area contributed by atoms with Crippen molar-refractivity contribution in [3.05, 3.63) is 58.4 Å². The fraction of sp³-hybridized carbons (Fsp3) is 0.409. The summed E-state index contributed by atoms with van der Waals surface area (Å²) in [5.74, 6) is -2.92. The molecule has 0 bridgehead atoms. The molecule has 2 aromatic rings. The maximum atomic E-state index is 14.8. The van der Waals surface area contributed by atoms with Crippen molar-refractivity contribution < 1.29 is 27.1 Å². The highest BCUT2D eigenvalue weighted by Crippen LogP contribution is 2.42. The first-order chi connectivity index (χ1) is 13.1. The van der Waals surface area contributed by atoms with Crippen molar-refractivity contribution in [1.82, 2.24) is 0 Å². The Bertz CT molecular complexity index is 856. The highest BCUT2D eigenvalue weighted by atomic mass is 19.4. The van der Waals surface area contributed by atoms with E-state index >= 15 is 0 Å². The largest absolute Gasteiger partial charge is 0.469 e. The average molecular weight is 396 g/mol. The zero-order valence-corrected chi connectivity index (χ0v) is 16.4. The van der Waals surface area contributed by atoms with Crippen molar-refractivity contribution in [2.75, 3.05) is 7.11 Å². The number of halogens is 4. The van der Waals surface area contributed by atoms with Gasteiger partial charge >= 0.3 is 12.1 Å². The van der Waals surface area contributed by atoms with Crippen molar-refractivity contribution in [3.8, 4) is 11.1 Å². The van der Waals surface area contributed by atoms with Crippen LogP contribution in [0.25, 0.3) is 11.1 Å². The van der Waals surface area contributed by atoms with Crippen LogP contribution in [0.5, 0.6) is 0 Å². The summed E-state index contributed by atoms with van der Waals surface area (Å²) in [5.41, 5.74) is 0.638. The van der Waals surface area contributed by atoms with Crippen LogP contribution in [-0.4, -0.2) is 13.1 Å². The molecule has 0 fully saturated rings. The van der Waals surface area contributed by atoms with Gasteiger partial charge in [-0.3, -0.25) is 4.79 Å². The second-order valence-corrected chi connectivity index (χ2v) is 6.87. The third-order valence-corrected chi connectivity index (χ3v) is 4.93. The predicted octanol–water partition coefficient (Wildman–Crippen LogP) is 6.44. The molecule has 0 aliphatic heterocycles. The number of methoxy groups -OCH3 is 1. The predicted molar refractivity (Wildman–Crippen MR) is 101 cm³/mol. The van der Waals surface area contributed by atoms with Crippen molar-refractivity contribution in [3.63, 3.8) is 0 Å². The number of alkyl halides is 3. The number of hydrogen-bond acceptors (Lipinski definition) is 2. The van der Waals surface area contributed by atoms with Gasteiger partial charge in [0.25, 0.3) is 0 Å². The van der Waals surface area contributed by atoms with Crippen LogP contribution in [0, 0.1) is 12.7 Å². The van der Waals surface area contributed by atoms with E-state index in [0.717, 1.165) is 43.6 Å². The van der Waals surface area contributed by atoms with E-state index in [9.17, 15) is 22.4 Å². The lowest BCUT2D eigenvalue weighted by molar-refractivity contribution is -0.143. The molecule has 0 heterocycles. The van der Waals surface area contributed by atoms with Crippen molar-refractivity contribution in [2.24, 2.45) is 0 Å². The van der Waals surface area contributed by atoms with Gasteiger partial charge in [0.05, 0.1) is 18.6 Å². The Morgan fingerprint density at radius 3 is 2.43 bits per heavy atom. The Morgan fingerprint density at radius 2 is 1.86 bits per heavy atom. The van der Waals surface area contributed by atoms with Crippen LogP contribution in [0.15, 0.2) is 30.3 Å². The molecular formula is C22H24F4O2. The Hall–Kier alpha value is -2.37. The number of carbonyl (C=O) groups is 1. The van der Waals surface area contributed by atoms with Gasteiger partial charge in [0.2, 0.25) is 0 Å². The van der Waals surface area contributed by atoms with Gasteiger partial charge in [0.15, 0.2) is 0 Å². The van der Waals surface area contributed by atoms with E-state index in [1.165, 1.54) is 6.92 Å². The van der Waals surface area contributed by atoms with E-state index in [0.29, 0.717) is 11.6 Å². The third-order valence-electron chi connectivity index (χ3n) is 4.93. The molecule has 1 unspecified atom stereocenters. The minimum atomic E-state index is -4.73. The maximum absolute atomic E-state index is 14.8. The molecule has 0 spiro atoms. The van der Waals surface area contributed by atoms with Gasteiger partial charge in [0.1, 0.15) is 5.82 Å². The van der Waals surface area contributed by atoms with Crippen molar-refractivity contribution in [1.29, 1.82) is 0 Å². The molecule has 28 heavy (non-hydrogen) atoms. The standard InChI is InChI=1S/C22H24F4O2/c1-5-6-7-15-12-16(9-8-13(15)2)20-18(23)11-10-17(22(24,25)26)19(20)14(3)21(27)28-4/h8-12,14H,5-7H2,1-4H3. The molecule has 0 radical (unpaired) electrons. The zero-order valence-electron chi connectivity index (χ0n) is 16.4. The number of benzene rings is 2. The molecule has 2 aromatic carbocycles. The minimum Gasteiger partial charge on any atom is -0.469 e. The Balaban J connectivity index is 2.78. The number of rotatable bonds is 6. The number of esters is 1. The summed E-state index contributed by atoms with van der Waals surface area (Å²) < 4.78 is 60.3. The Morgan fingerprint density at radius 1 is 1.18 bits per heavy atom. The minimum absolute atomic E-state index is 0.203. The van der Waals surface area contributed by atoms with E-state index in [1.54, 1.807) is 18.2 Å². The molecular weight excluding hydrogens is 372 g/mol. The molecule has 2 nitrogen and oxygen atoms in total. The molecule has 2 rings (SSSR count). The first-order valence-electron chi connectivity index (χ1n) is 9.19. The highest BCUT2D eigenvalue weighted by Gasteiger charge is 2.38. The van der Waals surface area contributed by atoms with Gasteiger partial charge in [-0.2, -0.15) is 13.2 Å². The lowest BCUT2D eigenvalue weighted by Gasteiger charge is -2.22. The number of carbonyl (C=O) groups excluding carboxylic acids is 1. The molecule has 6 heteroatoms. The van der Waals surface area contributed by atoms with E-state index in [-0.39, 0.29) is 5.56 Å². The number of unbranched alkanes of at least 4 members (excludes halogenated alkanes) is 1. The van der Waals surface area contributed by atoms with Gasteiger partial charge in [-0.05, 0) is 61.1 Å².